The third kappa shape index (κ3) is 2.75. The molecule has 1 aliphatic rings. The molecule has 3 heteroatoms. The van der Waals surface area contributed by atoms with Gasteiger partial charge in [0, 0.05) is 6.42 Å². The first-order valence-electron chi connectivity index (χ1n) is 7.79. The van der Waals surface area contributed by atoms with Crippen LogP contribution in [-0.2, 0) is 6.42 Å². The van der Waals surface area contributed by atoms with E-state index in [4.69, 9.17) is 10.7 Å². The Morgan fingerprint density at radius 1 is 1.40 bits per heavy atom. The van der Waals surface area contributed by atoms with Crippen molar-refractivity contribution in [1.82, 2.24) is 4.98 Å². The molecule has 0 bridgehead atoms. The van der Waals surface area contributed by atoms with Crippen LogP contribution in [0.3, 0.4) is 0 Å². The third-order valence-corrected chi connectivity index (χ3v) is 5.95. The molecule has 0 aliphatic heterocycles. The minimum Gasteiger partial charge on any atom is -0.330 e. The van der Waals surface area contributed by atoms with Gasteiger partial charge >= 0.3 is 0 Å². The Morgan fingerprint density at radius 3 is 3.00 bits per heavy atom. The summed E-state index contributed by atoms with van der Waals surface area (Å²) in [5.74, 6) is 0.863. The van der Waals surface area contributed by atoms with Crippen molar-refractivity contribution in [2.75, 3.05) is 6.54 Å². The maximum absolute atomic E-state index is 6.17. The summed E-state index contributed by atoms with van der Waals surface area (Å²) in [7, 11) is 0. The first kappa shape index (κ1) is 14.0. The number of thiazole rings is 1. The number of fused-ring (bicyclic) bond motifs is 1. The number of benzene rings is 1. The Labute approximate surface area is 125 Å². The van der Waals surface area contributed by atoms with Crippen LogP contribution in [0.5, 0.6) is 0 Å². The van der Waals surface area contributed by atoms with E-state index < -0.39 is 0 Å². The van der Waals surface area contributed by atoms with Crippen molar-refractivity contribution >= 4 is 21.6 Å². The maximum atomic E-state index is 6.17. The second kappa shape index (κ2) is 5.82. The monoisotopic (exact) mass is 288 g/mol. The van der Waals surface area contributed by atoms with Gasteiger partial charge in [-0.25, -0.2) is 4.98 Å². The fourth-order valence-corrected chi connectivity index (χ4v) is 4.81. The van der Waals surface area contributed by atoms with Gasteiger partial charge in [-0.1, -0.05) is 38.3 Å². The smallest absolute Gasteiger partial charge is 0.0944 e. The topological polar surface area (TPSA) is 38.9 Å². The minimum absolute atomic E-state index is 0.298. The SMILES string of the molecule is CCC1CCCC(CN)(Cc2nc3ccccc3s2)C1. The molecule has 1 saturated carbocycles. The summed E-state index contributed by atoms with van der Waals surface area (Å²) in [6.45, 7) is 3.12. The zero-order valence-corrected chi connectivity index (χ0v) is 13.1. The van der Waals surface area contributed by atoms with Crippen LogP contribution in [0.2, 0.25) is 0 Å². The molecule has 2 aromatic rings. The Morgan fingerprint density at radius 2 is 2.25 bits per heavy atom. The van der Waals surface area contributed by atoms with E-state index >= 15 is 0 Å². The molecule has 0 amide bonds. The van der Waals surface area contributed by atoms with Crippen LogP contribution < -0.4 is 5.73 Å². The highest BCUT2D eigenvalue weighted by atomic mass is 32.1. The number of hydrogen-bond donors (Lipinski definition) is 1. The van der Waals surface area contributed by atoms with Crippen molar-refractivity contribution in [3.63, 3.8) is 0 Å². The zero-order chi connectivity index (χ0) is 14.0. The fraction of sp³-hybridized carbons (Fsp3) is 0.588. The molecule has 1 heterocycles. The van der Waals surface area contributed by atoms with Crippen molar-refractivity contribution < 1.29 is 0 Å². The molecule has 3 rings (SSSR count). The second-order valence-corrected chi connectivity index (χ2v) is 7.44. The van der Waals surface area contributed by atoms with Gasteiger partial charge in [0.2, 0.25) is 0 Å². The summed E-state index contributed by atoms with van der Waals surface area (Å²) >= 11 is 1.85. The summed E-state index contributed by atoms with van der Waals surface area (Å²) in [5.41, 5.74) is 7.61. The van der Waals surface area contributed by atoms with Gasteiger partial charge in [-0.05, 0) is 42.9 Å². The van der Waals surface area contributed by atoms with Crippen molar-refractivity contribution in [2.45, 2.75) is 45.4 Å². The lowest BCUT2D eigenvalue weighted by Gasteiger charge is -2.39. The quantitative estimate of drug-likeness (QED) is 0.906. The summed E-state index contributed by atoms with van der Waals surface area (Å²) in [6.07, 6.45) is 7.64. The van der Waals surface area contributed by atoms with E-state index in [1.165, 1.54) is 41.8 Å². The predicted molar refractivity (Wildman–Crippen MR) is 87.1 cm³/mol. The molecule has 1 fully saturated rings. The molecule has 0 radical (unpaired) electrons. The highest BCUT2D eigenvalue weighted by molar-refractivity contribution is 7.18. The zero-order valence-electron chi connectivity index (χ0n) is 12.3. The molecule has 1 aliphatic carbocycles. The molecule has 2 N–H and O–H groups in total. The third-order valence-electron chi connectivity index (χ3n) is 4.92. The molecule has 20 heavy (non-hydrogen) atoms. The molecular formula is C17H24N2S. The van der Waals surface area contributed by atoms with Crippen molar-refractivity contribution in [1.29, 1.82) is 0 Å². The lowest BCUT2D eigenvalue weighted by Crippen LogP contribution is -2.37. The van der Waals surface area contributed by atoms with Gasteiger partial charge in [0.05, 0.1) is 15.2 Å². The van der Waals surface area contributed by atoms with E-state index in [0.717, 1.165) is 24.4 Å². The number of hydrogen-bond acceptors (Lipinski definition) is 3. The van der Waals surface area contributed by atoms with Crippen LogP contribution in [0.4, 0.5) is 0 Å². The Balaban J connectivity index is 1.83. The van der Waals surface area contributed by atoms with E-state index in [1.54, 1.807) is 0 Å². The van der Waals surface area contributed by atoms with Gasteiger partial charge < -0.3 is 5.73 Å². The Kier molecular flexibility index (Phi) is 4.08. The lowest BCUT2D eigenvalue weighted by atomic mass is 9.67. The summed E-state index contributed by atoms with van der Waals surface area (Å²) in [6, 6.07) is 8.44. The molecule has 1 aromatic carbocycles. The molecular weight excluding hydrogens is 264 g/mol. The normalized spacial score (nSPS) is 27.0. The van der Waals surface area contributed by atoms with Crippen LogP contribution in [0, 0.1) is 11.3 Å². The Bertz CT molecular complexity index is 544. The first-order chi connectivity index (χ1) is 9.74. The molecule has 108 valence electrons. The summed E-state index contributed by atoms with van der Waals surface area (Å²) in [5, 5.41) is 1.27. The number of nitrogens with zero attached hydrogens (tertiary/aromatic N) is 1. The second-order valence-electron chi connectivity index (χ2n) is 6.33. The van der Waals surface area contributed by atoms with E-state index in [0.29, 0.717) is 5.41 Å². The number of aromatic nitrogens is 1. The van der Waals surface area contributed by atoms with Crippen LogP contribution in [0.15, 0.2) is 24.3 Å². The average Bonchev–Trinajstić information content (AvgIpc) is 2.89. The minimum atomic E-state index is 0.298. The van der Waals surface area contributed by atoms with Gasteiger partial charge in [-0.2, -0.15) is 0 Å². The summed E-state index contributed by atoms with van der Waals surface area (Å²) < 4.78 is 1.30. The standard InChI is InChI=1S/C17H24N2S/c1-2-13-6-5-9-17(10-13,12-18)11-16-19-14-7-3-4-8-15(14)20-16/h3-4,7-8,13H,2,5-6,9-12,18H2,1H3. The fourth-order valence-electron chi connectivity index (χ4n) is 3.67. The van der Waals surface area contributed by atoms with E-state index in [-0.39, 0.29) is 0 Å². The number of nitrogens with two attached hydrogens (primary N) is 1. The highest BCUT2D eigenvalue weighted by Gasteiger charge is 2.35. The van der Waals surface area contributed by atoms with E-state index in [1.807, 2.05) is 11.3 Å². The van der Waals surface area contributed by atoms with Crippen LogP contribution in [-0.4, -0.2) is 11.5 Å². The van der Waals surface area contributed by atoms with Crippen molar-refractivity contribution in [3.05, 3.63) is 29.3 Å². The summed E-state index contributed by atoms with van der Waals surface area (Å²) in [4.78, 5) is 4.81. The van der Waals surface area contributed by atoms with Crippen molar-refractivity contribution in [3.8, 4) is 0 Å². The van der Waals surface area contributed by atoms with E-state index in [9.17, 15) is 0 Å². The van der Waals surface area contributed by atoms with Crippen molar-refractivity contribution in [2.24, 2.45) is 17.1 Å². The lowest BCUT2D eigenvalue weighted by molar-refractivity contribution is 0.142. The van der Waals surface area contributed by atoms with Gasteiger partial charge in [0.15, 0.2) is 0 Å². The number of rotatable bonds is 4. The molecule has 2 unspecified atom stereocenters. The Hall–Kier alpha value is -0.930. The van der Waals surface area contributed by atoms with Gasteiger partial charge in [-0.3, -0.25) is 0 Å². The first-order valence-corrected chi connectivity index (χ1v) is 8.61. The highest BCUT2D eigenvalue weighted by Crippen LogP contribution is 2.43. The van der Waals surface area contributed by atoms with Crippen LogP contribution in [0.25, 0.3) is 10.2 Å². The molecule has 0 spiro atoms. The molecule has 2 atom stereocenters. The van der Waals surface area contributed by atoms with Gasteiger partial charge in [0.1, 0.15) is 0 Å². The maximum Gasteiger partial charge on any atom is 0.0944 e. The molecule has 0 saturated heterocycles. The van der Waals surface area contributed by atoms with Crippen LogP contribution >= 0.6 is 11.3 Å². The predicted octanol–water partition coefficient (Wildman–Crippen LogP) is 4.38. The van der Waals surface area contributed by atoms with Gasteiger partial charge in [-0.15, -0.1) is 11.3 Å². The average molecular weight is 288 g/mol. The largest absolute Gasteiger partial charge is 0.330 e. The van der Waals surface area contributed by atoms with Gasteiger partial charge in [0.25, 0.3) is 0 Å². The molecule has 2 nitrogen and oxygen atoms in total. The van der Waals surface area contributed by atoms with E-state index in [2.05, 4.69) is 31.2 Å². The number of para-hydroxylation sites is 1. The van der Waals surface area contributed by atoms with Crippen LogP contribution in [0.1, 0.15) is 44.0 Å². The molecule has 1 aromatic heterocycles.